The Hall–Kier alpha value is -7.54. The monoisotopic (exact) mass is 1680 g/mol. The zero-order valence-electron chi connectivity index (χ0n) is 55.5. The van der Waals surface area contributed by atoms with Gasteiger partial charge in [-0.2, -0.15) is 105 Å². The number of hydrogen-bond donors (Lipinski definition) is 18. The highest BCUT2D eigenvalue weighted by Gasteiger charge is 2.95. The van der Waals surface area contributed by atoms with Gasteiger partial charge in [-0.1, -0.05) is 0 Å². The molecule has 2 rings (SSSR count). The zero-order valence-corrected chi connectivity index (χ0v) is 59.0. The van der Waals surface area contributed by atoms with Crippen molar-refractivity contribution in [3.63, 3.8) is 0 Å². The van der Waals surface area contributed by atoms with E-state index < -0.39 is 276 Å². The van der Waals surface area contributed by atoms with Crippen LogP contribution in [0.4, 0.5) is 80.5 Å². The standard InChI is InChI=1S/C50H69F17N14O23P2S2/c1-17(73-27(84)9-68)36(89)78-32(20(4)82)39(92)72-11-29(86)71-12-31(87)103-106(98,99)102-25-8-30(81-13-22(34(70)80-42(81)95)6-7-43(51,52)44(53,54)45(55,56)46(57,58)47(59,60)48(61,62)49(63,64)50(65,66)67)101-26(25)14-100-105(96,97)104-41(94)24(16-108)77-40(93)33(21(5)83)79-37(90)19(3)74-35(88)18(2)75-38(91)23(15-107)76-28(85)10-69/h13,17-21,23-26,30,32-33,82-83,107-108H,6-12,14-16,68-69H2,1-5H3,(H,71,86)(H,72,92)(H,73,84)(H,74,88)(H,75,91)(H,76,85)(H,77,93)(H,78,89)(H,79,90)(H,96,97)(H,98,99)(H2,70,80,95)/t17-,18-,19-,20+,21+,23-,24-,25-,26+,30+,32-,33-/m0/s1. The van der Waals surface area contributed by atoms with Gasteiger partial charge in [-0.3, -0.25) is 66.6 Å². The van der Waals surface area contributed by atoms with Crippen molar-refractivity contribution in [3.8, 4) is 0 Å². The van der Waals surface area contributed by atoms with Crippen molar-refractivity contribution < 1.29 is 179 Å². The SMILES string of the molecule is C[C@H](NC(=O)CN)C(=O)N[C@H](C(=O)NCC(=O)NCC(=O)OP(=O)(O)O[C@H]1C[C@H](n2cc(CCC(F)(F)C(F)(F)C(F)(F)C(F)(F)C(F)(F)C(F)(F)C(F)(F)C(F)(F)F)c(N)nc2=O)O[C@@H]1COP(=O)(O)OC(=O)[C@H](CS)NC(=O)[C@@H](NC(=O)[C@H](C)NC(=O)[C@H](C)NC(=O)[C@H](CS)NC(=O)CN)[C@@H](C)O)[C@@H](C)O. The van der Waals surface area contributed by atoms with Crippen molar-refractivity contribution in [2.24, 2.45) is 11.5 Å². The largest absolute Gasteiger partial charge is 0.530 e. The van der Waals surface area contributed by atoms with Crippen LogP contribution in [0.15, 0.2) is 11.0 Å². The molecule has 0 radical (unpaired) electrons. The number of anilines is 1. The number of nitrogens with zero attached hydrogens (tertiary/aromatic N) is 2. The Labute approximate surface area is 605 Å². The van der Waals surface area contributed by atoms with E-state index in [9.17, 15) is 153 Å². The van der Waals surface area contributed by atoms with Crippen LogP contribution in [0.25, 0.3) is 0 Å². The lowest BCUT2D eigenvalue weighted by Crippen LogP contribution is -2.74. The summed E-state index contributed by atoms with van der Waals surface area (Å²) in [7, 11) is -12.2. The van der Waals surface area contributed by atoms with E-state index >= 15 is 8.78 Å². The smallest absolute Gasteiger partial charge is 0.391 e. The molecule has 14 atom stereocenters. The van der Waals surface area contributed by atoms with Gasteiger partial charge in [0.25, 0.3) is 0 Å². The molecule has 0 spiro atoms. The maximum atomic E-state index is 15.1. The summed E-state index contributed by atoms with van der Waals surface area (Å²) in [5, 5.41) is 38.9. The molecule has 2 unspecified atom stereocenters. The number of halogens is 17. The van der Waals surface area contributed by atoms with E-state index in [-0.39, 0.29) is 16.5 Å². The van der Waals surface area contributed by atoms with Crippen molar-refractivity contribution >= 4 is 112 Å². The topological polar surface area (TPSA) is 570 Å². The molecule has 1 aromatic heterocycles. The summed E-state index contributed by atoms with van der Waals surface area (Å²) in [5.41, 5.74) is 12.6. The van der Waals surface area contributed by atoms with E-state index in [2.05, 4.69) is 65.9 Å². The third kappa shape index (κ3) is 24.2. The van der Waals surface area contributed by atoms with Crippen molar-refractivity contribution in [3.05, 3.63) is 22.2 Å². The van der Waals surface area contributed by atoms with Crippen LogP contribution in [0.3, 0.4) is 0 Å². The molecule has 58 heteroatoms. The first-order valence-electron chi connectivity index (χ1n) is 29.8. The summed E-state index contributed by atoms with van der Waals surface area (Å²) in [6.45, 7) is -0.153. The summed E-state index contributed by atoms with van der Waals surface area (Å²) < 4.78 is 289. The third-order valence-corrected chi connectivity index (χ3v) is 17.0. The van der Waals surface area contributed by atoms with Crippen LogP contribution in [-0.4, -0.2) is 253 Å². The number of rotatable bonds is 41. The number of alkyl halides is 17. The van der Waals surface area contributed by atoms with E-state index in [0.29, 0.717) is 0 Å². The van der Waals surface area contributed by atoms with Gasteiger partial charge in [-0.15, -0.1) is 0 Å². The van der Waals surface area contributed by atoms with Gasteiger partial charge in [-0.25, -0.2) is 23.5 Å². The average molecular weight is 1680 g/mol. The fraction of sp³-hybridized carbons (Fsp3) is 0.700. The predicted molar refractivity (Wildman–Crippen MR) is 329 cm³/mol. The van der Waals surface area contributed by atoms with Gasteiger partial charge in [0, 0.05) is 36.1 Å². The first kappa shape index (κ1) is 96.5. The molecule has 0 saturated carbocycles. The molecule has 108 heavy (non-hydrogen) atoms. The van der Waals surface area contributed by atoms with Gasteiger partial charge in [0.1, 0.15) is 73.1 Å². The molecule has 0 bridgehead atoms. The van der Waals surface area contributed by atoms with Gasteiger partial charge in [0.15, 0.2) is 0 Å². The van der Waals surface area contributed by atoms with Crippen LogP contribution in [0.2, 0.25) is 0 Å². The van der Waals surface area contributed by atoms with E-state index in [1.165, 1.54) is 0 Å². The molecule has 618 valence electrons. The molecule has 19 N–H and O–H groups in total. The summed E-state index contributed by atoms with van der Waals surface area (Å²) in [6.07, 6.45) is -25.5. The lowest BCUT2D eigenvalue weighted by molar-refractivity contribution is -0.461. The molecule has 37 nitrogen and oxygen atoms in total. The van der Waals surface area contributed by atoms with E-state index in [4.69, 9.17) is 31.0 Å². The second-order valence-electron chi connectivity index (χ2n) is 22.8. The number of aryl methyl sites for hydroxylation is 1. The van der Waals surface area contributed by atoms with Crippen LogP contribution < -0.4 is 70.7 Å². The molecule has 0 aliphatic carbocycles. The number of carbonyl (C=O) groups is 11. The normalized spacial score (nSPS) is 19.1. The molecular weight excluding hydrogens is 1610 g/mol. The average Bonchev–Trinajstić information content (AvgIpc) is 0.710. The number of ether oxygens (including phenoxy) is 1. The number of thiol groups is 2. The number of phosphoric ester groups is 2. The molecular formula is C50H69F17N14O23P2S2. The molecule has 1 saturated heterocycles. The van der Waals surface area contributed by atoms with Gasteiger partial charge in [-0.05, 0) is 41.0 Å². The predicted octanol–water partition coefficient (Wildman–Crippen LogP) is -3.03. The highest BCUT2D eigenvalue weighted by atomic mass is 32.1. The van der Waals surface area contributed by atoms with E-state index in [1.54, 1.807) is 5.32 Å². The van der Waals surface area contributed by atoms with Crippen LogP contribution in [0.5, 0.6) is 0 Å². The number of carbonyl (C=O) groups excluding carboxylic acids is 11. The van der Waals surface area contributed by atoms with Gasteiger partial charge in [0.05, 0.1) is 38.4 Å². The van der Waals surface area contributed by atoms with Crippen LogP contribution in [0.1, 0.15) is 59.3 Å². The minimum absolute atomic E-state index is 0.0402. The van der Waals surface area contributed by atoms with Crippen molar-refractivity contribution in [1.82, 2.24) is 57.4 Å². The summed E-state index contributed by atoms with van der Waals surface area (Å²) in [6, 6.07) is -11.8. The quantitative estimate of drug-likeness (QED) is 0.0176. The Bertz CT molecular complexity index is 3620. The highest BCUT2D eigenvalue weighted by Crippen LogP contribution is 2.64. The number of nitrogens with one attached hydrogen (secondary N) is 9. The minimum Gasteiger partial charge on any atom is -0.391 e. The number of aromatic nitrogens is 2. The molecule has 1 aliphatic heterocycles. The molecule has 0 aromatic carbocycles. The fourth-order valence-electron chi connectivity index (χ4n) is 8.34. The van der Waals surface area contributed by atoms with E-state index in [1.807, 2.05) is 16.0 Å². The maximum absolute atomic E-state index is 15.1. The Kier molecular flexibility index (Phi) is 33.9. The fourth-order valence-corrected chi connectivity index (χ4v) is 10.5. The van der Waals surface area contributed by atoms with Crippen LogP contribution in [0, 0.1) is 0 Å². The Balaban J connectivity index is 2.52. The van der Waals surface area contributed by atoms with Crippen LogP contribution in [-0.2, 0) is 91.1 Å². The van der Waals surface area contributed by atoms with Gasteiger partial charge < -0.3 is 89.0 Å². The number of amides is 9. The number of phosphoric acid groups is 2. The number of aliphatic hydroxyl groups excluding tert-OH is 2. The number of hydrogen-bond acceptors (Lipinski definition) is 27. The molecule has 1 fully saturated rings. The first-order valence-corrected chi connectivity index (χ1v) is 34.1. The lowest BCUT2D eigenvalue weighted by Gasteiger charge is -2.42. The number of aliphatic hydroxyl groups is 2. The van der Waals surface area contributed by atoms with Gasteiger partial charge in [0.2, 0.25) is 53.2 Å². The van der Waals surface area contributed by atoms with Crippen molar-refractivity contribution in [2.45, 2.75) is 174 Å². The Morgan fingerprint density at radius 3 is 1.53 bits per heavy atom. The second-order valence-corrected chi connectivity index (χ2v) is 26.2. The Morgan fingerprint density at radius 1 is 0.593 bits per heavy atom. The van der Waals surface area contributed by atoms with Gasteiger partial charge >= 0.3 is 80.9 Å². The van der Waals surface area contributed by atoms with Crippen molar-refractivity contribution in [2.75, 3.05) is 50.0 Å². The minimum atomic E-state index is -8.97. The summed E-state index contributed by atoms with van der Waals surface area (Å²) >= 11 is 7.75. The first-order chi connectivity index (χ1) is 49.0. The zero-order chi connectivity index (χ0) is 84.0. The molecule has 1 aromatic rings. The van der Waals surface area contributed by atoms with Crippen molar-refractivity contribution in [1.29, 1.82) is 0 Å². The summed E-state index contributed by atoms with van der Waals surface area (Å²) in [4.78, 5) is 177. The molecule has 1 aliphatic rings. The molecule has 9 amide bonds. The number of nitrogen functional groups attached to an aromatic ring is 1. The molecule has 2 heterocycles. The number of nitrogens with two attached hydrogens (primary N) is 3. The Morgan fingerprint density at radius 2 is 1.05 bits per heavy atom. The third-order valence-electron chi connectivity index (χ3n) is 14.4. The maximum Gasteiger partial charge on any atom is 0.530 e. The second kappa shape index (κ2) is 37.9. The van der Waals surface area contributed by atoms with E-state index in [0.717, 1.165) is 34.6 Å². The lowest BCUT2D eigenvalue weighted by atomic mass is 9.87. The summed E-state index contributed by atoms with van der Waals surface area (Å²) in [5.74, 6) is -75.7. The van der Waals surface area contributed by atoms with Crippen LogP contribution >= 0.6 is 40.9 Å². The highest BCUT2D eigenvalue weighted by molar-refractivity contribution is 7.80.